The number of nitrogens with one attached hydrogen (secondary N) is 1. The molecule has 0 aliphatic carbocycles. The first-order valence-electron chi connectivity index (χ1n) is 4.43. The standard InChI is InChI=1S/C9H10Cl2N2O2/c1-2-3-12-8-4-6(10)7(11)5-9(8)13(14)15/h4-5,12H,2-3H2,1H3. The van der Waals surface area contributed by atoms with Crippen molar-refractivity contribution in [3.05, 3.63) is 32.3 Å². The maximum absolute atomic E-state index is 10.7. The highest BCUT2D eigenvalue weighted by molar-refractivity contribution is 6.42. The van der Waals surface area contributed by atoms with Gasteiger partial charge in [-0.15, -0.1) is 0 Å². The summed E-state index contributed by atoms with van der Waals surface area (Å²) >= 11 is 11.5. The van der Waals surface area contributed by atoms with Crippen molar-refractivity contribution in [2.75, 3.05) is 11.9 Å². The first-order valence-corrected chi connectivity index (χ1v) is 5.19. The number of benzene rings is 1. The molecule has 0 saturated carbocycles. The average Bonchev–Trinajstić information content (AvgIpc) is 2.19. The topological polar surface area (TPSA) is 55.2 Å². The zero-order valence-corrected chi connectivity index (χ0v) is 9.60. The maximum atomic E-state index is 10.7. The molecule has 0 fully saturated rings. The molecule has 1 rings (SSSR count). The van der Waals surface area contributed by atoms with E-state index in [1.165, 1.54) is 12.1 Å². The van der Waals surface area contributed by atoms with Crippen LogP contribution in [0.1, 0.15) is 13.3 Å². The summed E-state index contributed by atoms with van der Waals surface area (Å²) in [6.07, 6.45) is 0.872. The van der Waals surface area contributed by atoms with E-state index in [0.717, 1.165) is 6.42 Å². The highest BCUT2D eigenvalue weighted by atomic mass is 35.5. The fourth-order valence-corrected chi connectivity index (χ4v) is 1.41. The SMILES string of the molecule is CCCNc1cc(Cl)c(Cl)cc1[N+](=O)[O-]. The van der Waals surface area contributed by atoms with E-state index in [0.29, 0.717) is 17.3 Å². The largest absolute Gasteiger partial charge is 0.379 e. The van der Waals surface area contributed by atoms with Crippen LogP contribution in [0.3, 0.4) is 0 Å². The lowest BCUT2D eigenvalue weighted by atomic mass is 10.2. The number of hydrogen-bond donors (Lipinski definition) is 1. The Balaban J connectivity index is 3.10. The molecule has 15 heavy (non-hydrogen) atoms. The van der Waals surface area contributed by atoms with E-state index in [9.17, 15) is 10.1 Å². The second-order valence-electron chi connectivity index (χ2n) is 2.97. The smallest absolute Gasteiger partial charge is 0.293 e. The van der Waals surface area contributed by atoms with Crippen LogP contribution in [-0.4, -0.2) is 11.5 Å². The fourth-order valence-electron chi connectivity index (χ4n) is 1.09. The molecule has 0 unspecified atom stereocenters. The lowest BCUT2D eigenvalue weighted by Gasteiger charge is -2.06. The fraction of sp³-hybridized carbons (Fsp3) is 0.333. The van der Waals surface area contributed by atoms with Gasteiger partial charge in [-0.25, -0.2) is 0 Å². The predicted molar refractivity (Wildman–Crippen MR) is 61.9 cm³/mol. The molecule has 0 heterocycles. The zero-order valence-electron chi connectivity index (χ0n) is 8.09. The minimum atomic E-state index is -0.486. The third-order valence-corrected chi connectivity index (χ3v) is 2.52. The first-order chi connectivity index (χ1) is 7.06. The van der Waals surface area contributed by atoms with E-state index in [1.807, 2.05) is 6.92 Å². The van der Waals surface area contributed by atoms with Gasteiger partial charge in [-0.05, 0) is 12.5 Å². The van der Waals surface area contributed by atoms with Crippen LogP contribution in [0.25, 0.3) is 0 Å². The summed E-state index contributed by atoms with van der Waals surface area (Å²) in [6.45, 7) is 2.62. The summed E-state index contributed by atoms with van der Waals surface area (Å²) in [5.74, 6) is 0. The Labute approximate surface area is 97.3 Å². The van der Waals surface area contributed by atoms with Gasteiger partial charge in [0.1, 0.15) is 5.69 Å². The van der Waals surface area contributed by atoms with Gasteiger partial charge in [-0.1, -0.05) is 30.1 Å². The Morgan fingerprint density at radius 2 is 2.00 bits per heavy atom. The second kappa shape index (κ2) is 5.19. The molecule has 0 amide bonds. The van der Waals surface area contributed by atoms with Crippen molar-refractivity contribution < 1.29 is 4.92 Å². The van der Waals surface area contributed by atoms with E-state index in [2.05, 4.69) is 5.32 Å². The predicted octanol–water partition coefficient (Wildman–Crippen LogP) is 3.72. The Morgan fingerprint density at radius 1 is 1.40 bits per heavy atom. The van der Waals surface area contributed by atoms with E-state index >= 15 is 0 Å². The van der Waals surface area contributed by atoms with E-state index in [1.54, 1.807) is 0 Å². The van der Waals surface area contributed by atoms with Crippen molar-refractivity contribution in [3.8, 4) is 0 Å². The van der Waals surface area contributed by atoms with Crippen molar-refractivity contribution in [1.29, 1.82) is 0 Å². The van der Waals surface area contributed by atoms with Crippen LogP contribution in [0, 0.1) is 10.1 Å². The van der Waals surface area contributed by atoms with Gasteiger partial charge < -0.3 is 5.32 Å². The monoisotopic (exact) mass is 248 g/mol. The van der Waals surface area contributed by atoms with Gasteiger partial charge in [0.25, 0.3) is 5.69 Å². The van der Waals surface area contributed by atoms with Crippen molar-refractivity contribution in [3.63, 3.8) is 0 Å². The summed E-state index contributed by atoms with van der Waals surface area (Å²) in [5, 5.41) is 14.1. The number of nitro groups is 1. The van der Waals surface area contributed by atoms with E-state index in [4.69, 9.17) is 23.2 Å². The summed E-state index contributed by atoms with van der Waals surface area (Å²) in [5.41, 5.74) is 0.342. The maximum Gasteiger partial charge on any atom is 0.293 e. The molecule has 0 aliphatic rings. The summed E-state index contributed by atoms with van der Waals surface area (Å²) in [4.78, 5) is 10.2. The molecule has 0 aromatic heterocycles. The van der Waals surface area contributed by atoms with Gasteiger partial charge in [0.05, 0.1) is 15.0 Å². The first kappa shape index (κ1) is 12.1. The van der Waals surface area contributed by atoms with Crippen LogP contribution in [0.15, 0.2) is 12.1 Å². The Hall–Kier alpha value is -1.00. The van der Waals surface area contributed by atoms with Gasteiger partial charge in [0.15, 0.2) is 0 Å². The summed E-state index contributed by atoms with van der Waals surface area (Å²) in [7, 11) is 0. The Kier molecular flexibility index (Phi) is 4.17. The molecule has 0 spiro atoms. The molecule has 82 valence electrons. The Bertz CT molecular complexity index is 383. The third-order valence-electron chi connectivity index (χ3n) is 1.80. The number of nitro benzene ring substituents is 1. The van der Waals surface area contributed by atoms with Gasteiger partial charge in [0, 0.05) is 12.6 Å². The minimum Gasteiger partial charge on any atom is -0.379 e. The number of halogens is 2. The number of anilines is 1. The molecule has 1 aromatic rings. The molecular weight excluding hydrogens is 239 g/mol. The van der Waals surface area contributed by atoms with Gasteiger partial charge >= 0.3 is 0 Å². The molecule has 0 saturated heterocycles. The molecule has 1 N–H and O–H groups in total. The second-order valence-corrected chi connectivity index (χ2v) is 3.78. The molecule has 6 heteroatoms. The highest BCUT2D eigenvalue weighted by Crippen LogP contribution is 2.33. The number of hydrogen-bond acceptors (Lipinski definition) is 3. The molecular formula is C9H10Cl2N2O2. The van der Waals surface area contributed by atoms with Crippen molar-refractivity contribution in [2.24, 2.45) is 0 Å². The van der Waals surface area contributed by atoms with Crippen LogP contribution < -0.4 is 5.32 Å². The molecule has 0 aliphatic heterocycles. The normalized spacial score (nSPS) is 10.1. The van der Waals surface area contributed by atoms with Crippen molar-refractivity contribution >= 4 is 34.6 Å². The Morgan fingerprint density at radius 3 is 2.53 bits per heavy atom. The number of rotatable bonds is 4. The molecule has 0 radical (unpaired) electrons. The van der Waals surface area contributed by atoms with E-state index < -0.39 is 4.92 Å². The summed E-state index contributed by atoms with van der Waals surface area (Å²) < 4.78 is 0. The van der Waals surface area contributed by atoms with Crippen molar-refractivity contribution in [2.45, 2.75) is 13.3 Å². The van der Waals surface area contributed by atoms with Crippen LogP contribution in [0.5, 0.6) is 0 Å². The lowest BCUT2D eigenvalue weighted by Crippen LogP contribution is -2.03. The summed E-state index contributed by atoms with van der Waals surface area (Å²) in [6, 6.07) is 2.72. The van der Waals surface area contributed by atoms with Gasteiger partial charge in [-0.2, -0.15) is 0 Å². The molecule has 4 nitrogen and oxygen atoms in total. The minimum absolute atomic E-state index is 0.0575. The van der Waals surface area contributed by atoms with Crippen molar-refractivity contribution in [1.82, 2.24) is 0 Å². The van der Waals surface area contributed by atoms with Gasteiger partial charge in [-0.3, -0.25) is 10.1 Å². The lowest BCUT2D eigenvalue weighted by molar-refractivity contribution is -0.383. The zero-order chi connectivity index (χ0) is 11.4. The highest BCUT2D eigenvalue weighted by Gasteiger charge is 2.16. The van der Waals surface area contributed by atoms with Crippen LogP contribution >= 0.6 is 23.2 Å². The van der Waals surface area contributed by atoms with Crippen LogP contribution in [-0.2, 0) is 0 Å². The molecule has 1 aromatic carbocycles. The molecule has 0 bridgehead atoms. The van der Waals surface area contributed by atoms with Crippen LogP contribution in [0.4, 0.5) is 11.4 Å². The van der Waals surface area contributed by atoms with E-state index in [-0.39, 0.29) is 10.7 Å². The molecule has 0 atom stereocenters. The van der Waals surface area contributed by atoms with Gasteiger partial charge in [0.2, 0.25) is 0 Å². The number of nitrogens with zero attached hydrogens (tertiary/aromatic N) is 1. The third kappa shape index (κ3) is 2.97. The van der Waals surface area contributed by atoms with Crippen LogP contribution in [0.2, 0.25) is 10.0 Å². The quantitative estimate of drug-likeness (QED) is 0.653. The average molecular weight is 249 g/mol.